The van der Waals surface area contributed by atoms with Crippen LogP contribution in [0.1, 0.15) is 55.6 Å². The van der Waals surface area contributed by atoms with E-state index >= 15 is 8.78 Å². The second-order valence-corrected chi connectivity index (χ2v) is 29.7. The van der Waals surface area contributed by atoms with E-state index in [4.69, 9.17) is 18.3 Å². The number of anilines is 6. The molecule has 2 heterocycles. The van der Waals surface area contributed by atoms with Crippen LogP contribution in [0.2, 0.25) is 0 Å². The van der Waals surface area contributed by atoms with Gasteiger partial charge in [-0.3, -0.25) is 0 Å². The molecule has 116 heavy (non-hydrogen) atoms. The van der Waals surface area contributed by atoms with Crippen molar-refractivity contribution in [2.45, 2.75) is 10.8 Å². The number of ether oxygens (including phenoxy) is 2. The van der Waals surface area contributed by atoms with Gasteiger partial charge in [0.2, 0.25) is 0 Å². The van der Waals surface area contributed by atoms with E-state index in [1.54, 1.807) is 24.3 Å². The van der Waals surface area contributed by atoms with Gasteiger partial charge in [0.1, 0.15) is 45.8 Å². The lowest BCUT2D eigenvalue weighted by molar-refractivity contribution is 0.482. The highest BCUT2D eigenvalue weighted by atomic mass is 19.1. The molecule has 2 aliphatic rings. The summed E-state index contributed by atoms with van der Waals surface area (Å²) in [6.45, 7) is 7.84. The van der Waals surface area contributed by atoms with Crippen LogP contribution in [-0.4, -0.2) is 0 Å². The number of furan rings is 2. The lowest BCUT2D eigenvalue weighted by atomic mass is 9.67. The molecule has 21 rings (SSSR count). The summed E-state index contributed by atoms with van der Waals surface area (Å²) in [7, 11) is 0. The van der Waals surface area contributed by atoms with Crippen LogP contribution < -0.4 is 19.3 Å². The molecule has 0 radical (unpaired) electrons. The number of nitrogens with zero attached hydrogens (tertiary/aromatic N) is 2. The number of hydrogen-bond donors (Lipinski definition) is 0. The molecular formula is C108H70F2N2O4. The summed E-state index contributed by atoms with van der Waals surface area (Å²) in [4.78, 5) is 4.61. The first-order valence-corrected chi connectivity index (χ1v) is 38.9. The Balaban J connectivity index is 0.642. The van der Waals surface area contributed by atoms with Crippen molar-refractivity contribution in [3.8, 4) is 67.5 Å². The minimum absolute atomic E-state index is 0.309. The highest BCUT2D eigenvalue weighted by molar-refractivity contribution is 6.12. The number of benzene rings is 17. The first-order valence-electron chi connectivity index (χ1n) is 38.9. The minimum Gasteiger partial charge on any atom is -0.457 e. The third-order valence-corrected chi connectivity index (χ3v) is 23.5. The second kappa shape index (κ2) is 28.0. The molecule has 0 aliphatic heterocycles. The summed E-state index contributed by atoms with van der Waals surface area (Å²) in [6.07, 6.45) is 3.63. The summed E-state index contributed by atoms with van der Waals surface area (Å²) < 4.78 is 57.3. The lowest BCUT2D eigenvalue weighted by Crippen LogP contribution is -2.29. The summed E-state index contributed by atoms with van der Waals surface area (Å²) in [5.41, 5.74) is 25.5. The van der Waals surface area contributed by atoms with Crippen LogP contribution in [0.3, 0.4) is 0 Å². The van der Waals surface area contributed by atoms with Gasteiger partial charge >= 0.3 is 0 Å². The zero-order valence-electron chi connectivity index (χ0n) is 62.8. The van der Waals surface area contributed by atoms with E-state index in [-0.39, 0.29) is 11.6 Å². The molecule has 8 heteroatoms. The standard InChI is InChI=1S/C108H70F2N2O4/c1-3-69-27-57-85(58-28-69)113-87-61-43-77(44-62-87)107(75-39-47-79(109)48-40-75)97-21-9-5-15-89(97)91-65-55-83(67-99(91)107)111(101-23-13-19-95-93-17-7-11-25-103(93)115-105(95)101)81-51-35-73(36-52-81)71-31-33-72(34-32-71)74-37-53-82(54-38-74)112(102-24-14-20-96-94-18-8-12-26-104(94)116-106(96)102)84-56-66-92-90-16-6-10-22-98(90)108(100(92)68-84,76-41-49-80(110)50-42-76)78-45-63-88(64-46-78)114-86-59-29-70(4-2)30-60-86/h3-68H,1-2H2. The molecule has 2 aliphatic carbocycles. The van der Waals surface area contributed by atoms with Crippen molar-refractivity contribution in [3.63, 3.8) is 0 Å². The zero-order chi connectivity index (χ0) is 77.6. The Labute approximate surface area is 669 Å². The average Bonchev–Trinajstić information content (AvgIpc) is 1.53. The predicted molar refractivity (Wildman–Crippen MR) is 469 cm³/mol. The van der Waals surface area contributed by atoms with Crippen molar-refractivity contribution in [1.82, 2.24) is 0 Å². The Morgan fingerprint density at radius 1 is 0.267 bits per heavy atom. The summed E-state index contributed by atoms with van der Waals surface area (Å²) >= 11 is 0. The SMILES string of the molecule is C=Cc1ccc(Oc2ccc(C3(c4ccc(F)cc4)c4ccccc4-c4ccc(N(c5ccc(-c6ccc(-c7ccc(N(c8ccc9c(c8)C(c8ccc(F)cc8)(c8ccc(Oc%10ccc(C=C)cc%10)cc8)c8ccccc8-9)c8cccc9c8oc8ccccc89)cc7)cc6)cc5)c5cccc6c5oc5ccccc56)cc43)cc2)cc1. The van der Waals surface area contributed by atoms with Crippen LogP contribution in [0.25, 0.3) is 101 Å². The maximum Gasteiger partial charge on any atom is 0.159 e. The van der Waals surface area contributed by atoms with Crippen molar-refractivity contribution in [3.05, 3.63) is 469 Å². The van der Waals surface area contributed by atoms with Crippen molar-refractivity contribution in [2.24, 2.45) is 0 Å². The van der Waals surface area contributed by atoms with Gasteiger partial charge in [0, 0.05) is 44.3 Å². The van der Waals surface area contributed by atoms with Crippen LogP contribution in [0.5, 0.6) is 23.0 Å². The Kier molecular flexibility index (Phi) is 16.6. The predicted octanol–water partition coefficient (Wildman–Crippen LogP) is 29.6. The lowest BCUT2D eigenvalue weighted by Gasteiger charge is -2.35. The highest BCUT2D eigenvalue weighted by Gasteiger charge is 2.48. The maximum atomic E-state index is 15.3. The van der Waals surface area contributed by atoms with Crippen LogP contribution in [-0.2, 0) is 10.8 Å². The topological polar surface area (TPSA) is 51.2 Å². The quantitative estimate of drug-likeness (QED) is 0.0853. The largest absolute Gasteiger partial charge is 0.457 e. The van der Waals surface area contributed by atoms with Gasteiger partial charge in [-0.2, -0.15) is 0 Å². The molecule has 0 amide bonds. The second-order valence-electron chi connectivity index (χ2n) is 29.7. The van der Waals surface area contributed by atoms with Gasteiger partial charge in [-0.1, -0.05) is 268 Å². The van der Waals surface area contributed by atoms with Gasteiger partial charge in [-0.05, 0) is 246 Å². The van der Waals surface area contributed by atoms with E-state index in [9.17, 15) is 0 Å². The fourth-order valence-electron chi connectivity index (χ4n) is 18.1. The van der Waals surface area contributed by atoms with Crippen LogP contribution in [0, 0.1) is 11.6 Å². The van der Waals surface area contributed by atoms with Crippen molar-refractivity contribution in [2.75, 3.05) is 9.80 Å². The van der Waals surface area contributed by atoms with Crippen LogP contribution in [0.15, 0.2) is 410 Å². The maximum absolute atomic E-state index is 15.3. The molecule has 2 unspecified atom stereocenters. The molecule has 0 bridgehead atoms. The Morgan fingerprint density at radius 3 is 0.940 bits per heavy atom. The third-order valence-electron chi connectivity index (χ3n) is 23.5. The molecule has 17 aromatic carbocycles. The molecular weight excluding hydrogens is 1430 g/mol. The average molecular weight is 1500 g/mol. The fraction of sp³-hybridized carbons (Fsp3) is 0.0185. The number of para-hydroxylation sites is 4. The molecule has 2 atom stereocenters. The molecule has 0 saturated carbocycles. The number of fused-ring (bicyclic) bond motifs is 12. The number of rotatable bonds is 18. The van der Waals surface area contributed by atoms with E-state index in [1.165, 1.54) is 0 Å². The summed E-state index contributed by atoms with van der Waals surface area (Å²) in [5.74, 6) is 2.20. The van der Waals surface area contributed by atoms with Gasteiger partial charge in [0.15, 0.2) is 11.2 Å². The Bertz CT molecular complexity index is 6610. The smallest absolute Gasteiger partial charge is 0.159 e. The van der Waals surface area contributed by atoms with Crippen molar-refractivity contribution >= 4 is 90.2 Å². The van der Waals surface area contributed by atoms with E-state index in [2.05, 4.69) is 266 Å². The highest BCUT2D eigenvalue weighted by Crippen LogP contribution is 2.60. The molecule has 0 saturated heterocycles. The van der Waals surface area contributed by atoms with Crippen LogP contribution >= 0.6 is 0 Å². The monoisotopic (exact) mass is 1500 g/mol. The van der Waals surface area contributed by atoms with E-state index in [0.717, 1.165) is 190 Å². The summed E-state index contributed by atoms with van der Waals surface area (Å²) in [5, 5.41) is 4.08. The third kappa shape index (κ3) is 11.4. The summed E-state index contributed by atoms with van der Waals surface area (Å²) in [6, 6.07) is 133. The van der Waals surface area contributed by atoms with E-state index < -0.39 is 10.8 Å². The molecule has 0 N–H and O–H groups in total. The molecule has 550 valence electrons. The minimum atomic E-state index is -0.882. The first-order chi connectivity index (χ1) is 57.2. The van der Waals surface area contributed by atoms with Gasteiger partial charge in [-0.25, -0.2) is 8.78 Å². The van der Waals surface area contributed by atoms with Gasteiger partial charge in [-0.15, -0.1) is 0 Å². The van der Waals surface area contributed by atoms with Gasteiger partial charge < -0.3 is 28.1 Å². The zero-order valence-corrected chi connectivity index (χ0v) is 62.8. The van der Waals surface area contributed by atoms with E-state index in [1.807, 2.05) is 133 Å². The molecule has 0 fully saturated rings. The van der Waals surface area contributed by atoms with E-state index in [0.29, 0.717) is 11.5 Å². The Hall–Kier alpha value is -15.1. The molecule has 6 nitrogen and oxygen atoms in total. The van der Waals surface area contributed by atoms with Crippen molar-refractivity contribution < 1.29 is 27.1 Å². The molecule has 2 aromatic heterocycles. The van der Waals surface area contributed by atoms with Crippen LogP contribution in [0.4, 0.5) is 42.9 Å². The Morgan fingerprint density at radius 2 is 0.569 bits per heavy atom. The van der Waals surface area contributed by atoms with Gasteiger partial charge in [0.05, 0.1) is 22.2 Å². The first kappa shape index (κ1) is 68.9. The van der Waals surface area contributed by atoms with Gasteiger partial charge in [0.25, 0.3) is 0 Å². The number of hydrogen-bond acceptors (Lipinski definition) is 6. The molecule has 0 spiro atoms. The molecule has 19 aromatic rings. The van der Waals surface area contributed by atoms with Crippen molar-refractivity contribution in [1.29, 1.82) is 0 Å². The fourth-order valence-corrected chi connectivity index (χ4v) is 18.1. The number of halogens is 2. The normalized spacial score (nSPS) is 14.4.